The molecule has 0 fully saturated rings. The van der Waals surface area contributed by atoms with Crippen molar-refractivity contribution in [2.75, 3.05) is 0 Å². The topological polar surface area (TPSA) is 101 Å². The van der Waals surface area contributed by atoms with Crippen molar-refractivity contribution in [2.24, 2.45) is 0 Å². The molecule has 0 bridgehead atoms. The van der Waals surface area contributed by atoms with Gasteiger partial charge in [0, 0.05) is 34.5 Å². The van der Waals surface area contributed by atoms with Crippen LogP contribution < -0.4 is 11.3 Å². The minimum absolute atomic E-state index is 0.00740. The monoisotopic (exact) mass is 350 g/mol. The maximum absolute atomic E-state index is 12.6. The van der Waals surface area contributed by atoms with Crippen molar-refractivity contribution < 1.29 is 19.0 Å². The molecule has 0 spiro atoms. The van der Waals surface area contributed by atoms with Gasteiger partial charge in [0.1, 0.15) is 22.7 Å². The highest BCUT2D eigenvalue weighted by Crippen LogP contribution is 2.36. The van der Waals surface area contributed by atoms with Crippen molar-refractivity contribution in [1.29, 1.82) is 0 Å². The molecule has 6 nitrogen and oxygen atoms in total. The van der Waals surface area contributed by atoms with Crippen molar-refractivity contribution in [2.45, 2.75) is 13.8 Å². The summed E-state index contributed by atoms with van der Waals surface area (Å²) in [5.74, 6) is -0.202. The van der Waals surface area contributed by atoms with E-state index in [1.165, 1.54) is 24.3 Å². The maximum Gasteiger partial charge on any atom is 0.344 e. The average Bonchev–Trinajstić information content (AvgIpc) is 2.55. The van der Waals surface area contributed by atoms with Crippen LogP contribution in [0.1, 0.15) is 11.1 Å². The number of fused-ring (bicyclic) bond motifs is 2. The van der Waals surface area contributed by atoms with Crippen LogP contribution in [0.25, 0.3) is 33.1 Å². The molecule has 26 heavy (non-hydrogen) atoms. The van der Waals surface area contributed by atoms with E-state index in [0.29, 0.717) is 21.9 Å². The summed E-state index contributed by atoms with van der Waals surface area (Å²) in [7, 11) is 0. The lowest BCUT2D eigenvalue weighted by molar-refractivity contribution is 0.471. The van der Waals surface area contributed by atoms with Gasteiger partial charge in [-0.1, -0.05) is 0 Å². The summed E-state index contributed by atoms with van der Waals surface area (Å²) in [6.07, 6.45) is 0. The Hall–Kier alpha value is -3.54. The van der Waals surface area contributed by atoms with Crippen LogP contribution in [0.15, 0.2) is 54.8 Å². The van der Waals surface area contributed by atoms with E-state index >= 15 is 0 Å². The van der Waals surface area contributed by atoms with Crippen molar-refractivity contribution in [3.63, 3.8) is 0 Å². The molecule has 0 radical (unpaired) electrons. The highest BCUT2D eigenvalue weighted by molar-refractivity contribution is 5.93. The summed E-state index contributed by atoms with van der Waals surface area (Å²) in [4.78, 5) is 24.1. The first-order valence-corrected chi connectivity index (χ1v) is 7.89. The summed E-state index contributed by atoms with van der Waals surface area (Å²) in [6.45, 7) is 3.49. The zero-order valence-corrected chi connectivity index (χ0v) is 14.0. The quantitative estimate of drug-likeness (QED) is 0.509. The summed E-state index contributed by atoms with van der Waals surface area (Å²) in [6, 6.07) is 8.79. The van der Waals surface area contributed by atoms with Gasteiger partial charge < -0.3 is 19.0 Å². The summed E-state index contributed by atoms with van der Waals surface area (Å²) in [5, 5.41) is 21.3. The van der Waals surface area contributed by atoms with Gasteiger partial charge in [-0.3, -0.25) is 0 Å². The summed E-state index contributed by atoms with van der Waals surface area (Å²) in [5.41, 5.74) is 1.14. The fourth-order valence-corrected chi connectivity index (χ4v) is 3.21. The summed E-state index contributed by atoms with van der Waals surface area (Å²) >= 11 is 0. The van der Waals surface area contributed by atoms with Crippen LogP contribution in [0.4, 0.5) is 0 Å². The fraction of sp³-hybridized carbons (Fsp3) is 0.100. The Morgan fingerprint density at radius 2 is 1.58 bits per heavy atom. The molecule has 2 aromatic carbocycles. The molecule has 0 saturated heterocycles. The van der Waals surface area contributed by atoms with Gasteiger partial charge in [-0.05, 0) is 43.2 Å². The number of aryl methyl sites for hydroxylation is 2. The van der Waals surface area contributed by atoms with Crippen LogP contribution in [0.3, 0.4) is 0 Å². The second-order valence-electron chi connectivity index (χ2n) is 6.18. The number of hydrogen-bond acceptors (Lipinski definition) is 6. The molecule has 0 atom stereocenters. The Morgan fingerprint density at radius 1 is 0.846 bits per heavy atom. The van der Waals surface area contributed by atoms with Gasteiger partial charge in [-0.25, -0.2) is 9.59 Å². The maximum atomic E-state index is 12.6. The molecular weight excluding hydrogens is 336 g/mol. The normalized spacial score (nSPS) is 11.3. The lowest BCUT2D eigenvalue weighted by atomic mass is 9.96. The second-order valence-corrected chi connectivity index (χ2v) is 6.18. The molecule has 0 aliphatic heterocycles. The number of phenols is 2. The van der Waals surface area contributed by atoms with E-state index in [2.05, 4.69) is 0 Å². The van der Waals surface area contributed by atoms with E-state index in [4.69, 9.17) is 8.83 Å². The minimum atomic E-state index is -0.634. The standard InChI is InChI=1S/C20H14O6/c1-9-5-18(23)25-17-8-15(22)14(7-13(9)17)19-10(2)12-4-3-11(21)6-16(12)26-20(19)24/h3-8,21-22H,1-2H3. The number of rotatable bonds is 1. The predicted octanol–water partition coefficient (Wildman–Crippen LogP) is 3.59. The van der Waals surface area contributed by atoms with E-state index in [1.807, 2.05) is 0 Å². The van der Waals surface area contributed by atoms with E-state index in [0.717, 1.165) is 0 Å². The molecule has 4 aromatic rings. The van der Waals surface area contributed by atoms with Crippen molar-refractivity contribution in [3.05, 3.63) is 68.4 Å². The van der Waals surface area contributed by atoms with Gasteiger partial charge in [-0.2, -0.15) is 0 Å². The minimum Gasteiger partial charge on any atom is -0.508 e. The molecule has 2 N–H and O–H groups in total. The smallest absolute Gasteiger partial charge is 0.344 e. The Balaban J connectivity index is 2.10. The van der Waals surface area contributed by atoms with Crippen LogP contribution in [-0.4, -0.2) is 10.2 Å². The first-order valence-electron chi connectivity index (χ1n) is 7.89. The second kappa shape index (κ2) is 5.49. The molecule has 0 aliphatic carbocycles. The van der Waals surface area contributed by atoms with Gasteiger partial charge in [0.15, 0.2) is 0 Å². The van der Waals surface area contributed by atoms with Crippen molar-refractivity contribution >= 4 is 21.9 Å². The zero-order valence-electron chi connectivity index (χ0n) is 14.0. The molecule has 2 heterocycles. The molecule has 0 saturated carbocycles. The highest BCUT2D eigenvalue weighted by atomic mass is 16.4. The van der Waals surface area contributed by atoms with Gasteiger partial charge >= 0.3 is 11.3 Å². The van der Waals surface area contributed by atoms with Crippen molar-refractivity contribution in [3.8, 4) is 22.6 Å². The van der Waals surface area contributed by atoms with Crippen LogP contribution >= 0.6 is 0 Å². The molecule has 2 aromatic heterocycles. The molecule has 0 amide bonds. The first kappa shape index (κ1) is 16.0. The largest absolute Gasteiger partial charge is 0.508 e. The SMILES string of the molecule is Cc1cc(=O)oc2cc(O)c(-c3c(C)c4ccc(O)cc4oc3=O)cc12. The number of benzene rings is 2. The number of aromatic hydroxyl groups is 2. The highest BCUT2D eigenvalue weighted by Gasteiger charge is 2.18. The first-order chi connectivity index (χ1) is 12.3. The van der Waals surface area contributed by atoms with Gasteiger partial charge in [0.25, 0.3) is 0 Å². The van der Waals surface area contributed by atoms with Gasteiger partial charge in [0.05, 0.1) is 5.56 Å². The molecule has 6 heteroatoms. The van der Waals surface area contributed by atoms with Crippen LogP contribution in [-0.2, 0) is 0 Å². The van der Waals surface area contributed by atoms with E-state index in [1.54, 1.807) is 26.0 Å². The number of hydrogen-bond donors (Lipinski definition) is 2. The van der Waals surface area contributed by atoms with Gasteiger partial charge in [-0.15, -0.1) is 0 Å². The van der Waals surface area contributed by atoms with Crippen molar-refractivity contribution in [1.82, 2.24) is 0 Å². The van der Waals surface area contributed by atoms with Crippen LogP contribution in [0.2, 0.25) is 0 Å². The predicted molar refractivity (Wildman–Crippen MR) is 96.8 cm³/mol. The Kier molecular flexibility index (Phi) is 3.37. The lowest BCUT2D eigenvalue weighted by Gasteiger charge is -2.11. The molecular formula is C20H14O6. The van der Waals surface area contributed by atoms with E-state index < -0.39 is 11.3 Å². The third-order valence-electron chi connectivity index (χ3n) is 4.49. The fourth-order valence-electron chi connectivity index (χ4n) is 3.21. The zero-order chi connectivity index (χ0) is 18.6. The van der Waals surface area contributed by atoms with Crippen LogP contribution in [0, 0.1) is 13.8 Å². The molecule has 0 aliphatic rings. The molecule has 0 unspecified atom stereocenters. The molecule has 130 valence electrons. The van der Waals surface area contributed by atoms with Gasteiger partial charge in [0.2, 0.25) is 0 Å². The Labute approximate surface area is 146 Å². The third-order valence-corrected chi connectivity index (χ3v) is 4.49. The Bertz CT molecular complexity index is 1310. The van der Waals surface area contributed by atoms with E-state index in [-0.39, 0.29) is 33.8 Å². The van der Waals surface area contributed by atoms with E-state index in [9.17, 15) is 19.8 Å². The third kappa shape index (κ3) is 2.35. The summed E-state index contributed by atoms with van der Waals surface area (Å²) < 4.78 is 10.4. The lowest BCUT2D eigenvalue weighted by Crippen LogP contribution is -2.06. The average molecular weight is 350 g/mol. The van der Waals surface area contributed by atoms with Crippen LogP contribution in [0.5, 0.6) is 11.5 Å². The Morgan fingerprint density at radius 3 is 2.35 bits per heavy atom. The number of phenolic OH excluding ortho intramolecular Hbond substituents is 2. The molecule has 4 rings (SSSR count).